The Bertz CT molecular complexity index is 574. The van der Waals surface area contributed by atoms with E-state index < -0.39 is 0 Å². The molecule has 4 rings (SSSR count). The van der Waals surface area contributed by atoms with Crippen LogP contribution in [0, 0.1) is 34.5 Å². The number of hydrogen-bond donors (Lipinski definition) is 0. The second kappa shape index (κ2) is 4.55. The molecule has 120 valence electrons. The highest BCUT2D eigenvalue weighted by atomic mass is 16.1. The van der Waals surface area contributed by atoms with Gasteiger partial charge in [0, 0.05) is 18.3 Å². The summed E-state index contributed by atoms with van der Waals surface area (Å²) in [6.07, 6.45) is 8.95. The van der Waals surface area contributed by atoms with Crippen molar-refractivity contribution in [1.82, 2.24) is 0 Å². The van der Waals surface area contributed by atoms with Crippen molar-refractivity contribution in [2.75, 3.05) is 0 Å². The Hall–Kier alpha value is -0.920. The molecule has 0 aliphatic heterocycles. The molecule has 0 amide bonds. The average Bonchev–Trinajstić information content (AvgIpc) is 2.77. The van der Waals surface area contributed by atoms with E-state index in [4.69, 9.17) is 0 Å². The van der Waals surface area contributed by atoms with E-state index in [9.17, 15) is 9.59 Å². The molecule has 0 spiro atoms. The number of carbonyl (C=O) groups is 2. The van der Waals surface area contributed by atoms with Crippen molar-refractivity contribution in [3.8, 4) is 0 Å². The summed E-state index contributed by atoms with van der Waals surface area (Å²) >= 11 is 0. The van der Waals surface area contributed by atoms with Gasteiger partial charge < -0.3 is 0 Å². The van der Waals surface area contributed by atoms with Crippen LogP contribution in [0.4, 0.5) is 0 Å². The Labute approximate surface area is 133 Å². The molecule has 3 saturated carbocycles. The zero-order chi connectivity index (χ0) is 15.7. The fourth-order valence-electron chi connectivity index (χ4n) is 6.68. The molecule has 4 aliphatic rings. The molecule has 2 heteroatoms. The van der Waals surface area contributed by atoms with Crippen molar-refractivity contribution in [3.05, 3.63) is 11.6 Å². The molecule has 3 fully saturated rings. The summed E-state index contributed by atoms with van der Waals surface area (Å²) in [5.41, 5.74) is 1.60. The number of allylic oxidation sites excluding steroid dienone is 1. The lowest BCUT2D eigenvalue weighted by atomic mass is 9.45. The lowest BCUT2D eigenvalue weighted by Gasteiger charge is -2.59. The third-order valence-electron chi connectivity index (χ3n) is 8.02. The normalized spacial score (nSPS) is 51.0. The molecule has 0 aromatic carbocycles. The van der Waals surface area contributed by atoms with Gasteiger partial charge in [-0.3, -0.25) is 9.59 Å². The van der Waals surface area contributed by atoms with Crippen molar-refractivity contribution >= 4 is 11.6 Å². The van der Waals surface area contributed by atoms with Crippen LogP contribution in [0.2, 0.25) is 0 Å². The number of Topliss-reactive ketones (excluding diaryl/α,β-unsaturated/α-hetero) is 1. The number of hydrogen-bond acceptors (Lipinski definition) is 2. The highest BCUT2D eigenvalue weighted by molar-refractivity contribution is 5.91. The van der Waals surface area contributed by atoms with Gasteiger partial charge in [0.2, 0.25) is 0 Å². The molecule has 22 heavy (non-hydrogen) atoms. The quantitative estimate of drug-likeness (QED) is 0.667. The largest absolute Gasteiger partial charge is 0.299 e. The van der Waals surface area contributed by atoms with Crippen LogP contribution in [-0.4, -0.2) is 11.6 Å². The smallest absolute Gasteiger partial charge is 0.155 e. The fraction of sp³-hybridized carbons (Fsp3) is 0.800. The summed E-state index contributed by atoms with van der Waals surface area (Å²) in [7, 11) is 0. The molecular formula is C20H28O2. The van der Waals surface area contributed by atoms with Crippen molar-refractivity contribution < 1.29 is 9.59 Å². The Morgan fingerprint density at radius 1 is 1.00 bits per heavy atom. The summed E-state index contributed by atoms with van der Waals surface area (Å²) in [5, 5.41) is 0. The third-order valence-corrected chi connectivity index (χ3v) is 8.02. The molecule has 0 bridgehead atoms. The van der Waals surface area contributed by atoms with E-state index >= 15 is 0 Å². The Kier molecular flexibility index (Phi) is 3.03. The summed E-state index contributed by atoms with van der Waals surface area (Å²) < 4.78 is 0. The molecule has 2 nitrogen and oxygen atoms in total. The van der Waals surface area contributed by atoms with Crippen molar-refractivity contribution in [2.45, 2.75) is 65.7 Å². The third kappa shape index (κ3) is 1.73. The standard InChI is InChI=1S/C20H28O2/c1-12-10-13-11-14(21)6-8-19(13,2)16-7-9-20(3)15(18(12)16)4-5-17(20)22/h11-12,15-16,18H,4-10H2,1-3H3/t12-,15?,16?,18?,19?,20?/m1/s1. The summed E-state index contributed by atoms with van der Waals surface area (Å²) in [4.78, 5) is 24.3. The van der Waals surface area contributed by atoms with Gasteiger partial charge in [0.1, 0.15) is 5.78 Å². The van der Waals surface area contributed by atoms with E-state index in [1.54, 1.807) is 0 Å². The van der Waals surface area contributed by atoms with Gasteiger partial charge in [0.25, 0.3) is 0 Å². The van der Waals surface area contributed by atoms with Gasteiger partial charge in [0.05, 0.1) is 0 Å². The van der Waals surface area contributed by atoms with Crippen LogP contribution in [0.1, 0.15) is 65.7 Å². The predicted octanol–water partition coefficient (Wildman–Crippen LogP) is 4.33. The summed E-state index contributed by atoms with van der Waals surface area (Å²) in [6, 6.07) is 0. The minimum atomic E-state index is -0.0442. The maximum absolute atomic E-state index is 12.5. The van der Waals surface area contributed by atoms with Gasteiger partial charge in [-0.25, -0.2) is 0 Å². The SMILES string of the molecule is C[C@@H]1CC2=CC(=O)CCC2(C)C2CCC3(C)C(=O)CCC3C21. The van der Waals surface area contributed by atoms with Gasteiger partial charge >= 0.3 is 0 Å². The first kappa shape index (κ1) is 14.7. The van der Waals surface area contributed by atoms with Gasteiger partial charge in [0.15, 0.2) is 5.78 Å². The molecular weight excluding hydrogens is 272 g/mol. The van der Waals surface area contributed by atoms with Gasteiger partial charge in [-0.1, -0.05) is 26.3 Å². The summed E-state index contributed by atoms with van der Waals surface area (Å²) in [6.45, 7) is 7.02. The van der Waals surface area contributed by atoms with Gasteiger partial charge in [-0.05, 0) is 67.3 Å². The minimum Gasteiger partial charge on any atom is -0.299 e. The first-order valence-corrected chi connectivity index (χ1v) is 9.13. The van der Waals surface area contributed by atoms with Crippen LogP contribution in [0.5, 0.6) is 0 Å². The second-order valence-corrected chi connectivity index (χ2v) is 8.94. The van der Waals surface area contributed by atoms with Crippen LogP contribution in [0.15, 0.2) is 11.6 Å². The molecule has 0 saturated heterocycles. The van der Waals surface area contributed by atoms with E-state index in [0.717, 1.165) is 38.5 Å². The molecule has 0 N–H and O–H groups in total. The van der Waals surface area contributed by atoms with E-state index in [1.807, 2.05) is 6.08 Å². The predicted molar refractivity (Wildman–Crippen MR) is 86.3 cm³/mol. The van der Waals surface area contributed by atoms with E-state index in [0.29, 0.717) is 35.2 Å². The van der Waals surface area contributed by atoms with Crippen molar-refractivity contribution in [2.24, 2.45) is 34.5 Å². The van der Waals surface area contributed by atoms with Gasteiger partial charge in [-0.15, -0.1) is 0 Å². The number of rotatable bonds is 0. The highest BCUT2D eigenvalue weighted by Crippen LogP contribution is 2.65. The molecule has 6 atom stereocenters. The number of ketones is 2. The number of carbonyl (C=O) groups excluding carboxylic acids is 2. The van der Waals surface area contributed by atoms with E-state index in [-0.39, 0.29) is 10.8 Å². The lowest BCUT2D eigenvalue weighted by molar-refractivity contribution is -0.134. The molecule has 0 heterocycles. The van der Waals surface area contributed by atoms with Gasteiger partial charge in [-0.2, -0.15) is 0 Å². The highest BCUT2D eigenvalue weighted by Gasteiger charge is 2.60. The topological polar surface area (TPSA) is 34.1 Å². The lowest BCUT2D eigenvalue weighted by Crippen LogP contribution is -2.53. The first-order valence-electron chi connectivity index (χ1n) is 9.13. The minimum absolute atomic E-state index is 0.0442. The molecule has 0 radical (unpaired) electrons. The second-order valence-electron chi connectivity index (χ2n) is 8.94. The van der Waals surface area contributed by atoms with Crippen LogP contribution in [-0.2, 0) is 9.59 Å². The summed E-state index contributed by atoms with van der Waals surface area (Å²) in [5.74, 6) is 3.42. The Balaban J connectivity index is 1.75. The number of fused-ring (bicyclic) bond motifs is 5. The van der Waals surface area contributed by atoms with Crippen LogP contribution in [0.3, 0.4) is 0 Å². The average molecular weight is 300 g/mol. The van der Waals surface area contributed by atoms with Crippen LogP contribution in [0.25, 0.3) is 0 Å². The Morgan fingerprint density at radius 2 is 1.73 bits per heavy atom. The maximum atomic E-state index is 12.5. The van der Waals surface area contributed by atoms with Crippen LogP contribution >= 0.6 is 0 Å². The maximum Gasteiger partial charge on any atom is 0.155 e. The zero-order valence-corrected chi connectivity index (χ0v) is 14.2. The molecule has 0 aromatic heterocycles. The monoisotopic (exact) mass is 300 g/mol. The first-order chi connectivity index (χ1) is 10.4. The van der Waals surface area contributed by atoms with Crippen molar-refractivity contribution in [3.63, 3.8) is 0 Å². The van der Waals surface area contributed by atoms with Crippen LogP contribution < -0.4 is 0 Å². The fourth-order valence-corrected chi connectivity index (χ4v) is 6.68. The van der Waals surface area contributed by atoms with E-state index in [2.05, 4.69) is 20.8 Å². The molecule has 5 unspecified atom stereocenters. The molecule has 4 aliphatic carbocycles. The Morgan fingerprint density at radius 3 is 2.50 bits per heavy atom. The van der Waals surface area contributed by atoms with Crippen molar-refractivity contribution in [1.29, 1.82) is 0 Å². The molecule has 0 aromatic rings. The zero-order valence-electron chi connectivity index (χ0n) is 14.2. The van der Waals surface area contributed by atoms with E-state index in [1.165, 1.54) is 12.0 Å².